The lowest BCUT2D eigenvalue weighted by atomic mass is 10.1. The summed E-state index contributed by atoms with van der Waals surface area (Å²) in [6.07, 6.45) is 0. The Morgan fingerprint density at radius 1 is 1.06 bits per heavy atom. The normalized spacial score (nSPS) is 10.8. The number of anilines is 2. The Hall–Kier alpha value is -1.08. The van der Waals surface area contributed by atoms with E-state index in [2.05, 4.69) is 5.32 Å². The van der Waals surface area contributed by atoms with Crippen LogP contribution in [0.3, 0.4) is 0 Å². The second kappa shape index (κ2) is 5.05. The highest BCUT2D eigenvalue weighted by atomic mass is 32.2. The monoisotopic (exact) mass is 268 g/mol. The van der Waals surface area contributed by atoms with Crippen molar-refractivity contribution in [2.45, 2.75) is 9.79 Å². The Kier molecular flexibility index (Phi) is 3.68. The van der Waals surface area contributed by atoms with Crippen LogP contribution < -0.4 is 11.1 Å². The maximum atomic E-state index is 9.12. The molecule has 0 aliphatic rings. The van der Waals surface area contributed by atoms with Gasteiger partial charge in [-0.25, -0.2) is 0 Å². The number of nitrogens with one attached hydrogen (secondary N) is 1. The van der Waals surface area contributed by atoms with Crippen molar-refractivity contribution in [1.82, 2.24) is 0 Å². The fraction of sp³-hybridized carbons (Fsp3) is 0.0909. The number of hydrogen-bond acceptors (Lipinski definition) is 6. The quantitative estimate of drug-likeness (QED) is 0.503. The first-order valence-electron chi connectivity index (χ1n) is 4.87. The van der Waals surface area contributed by atoms with Gasteiger partial charge >= 0.3 is 0 Å². The van der Waals surface area contributed by atoms with Crippen molar-refractivity contribution in [1.29, 1.82) is 0 Å². The molecule has 6 heteroatoms. The van der Waals surface area contributed by atoms with Gasteiger partial charge in [-0.05, 0) is 29.7 Å². The summed E-state index contributed by atoms with van der Waals surface area (Å²) < 4.78 is 18.2. The molecule has 0 aliphatic heterocycles. The Balaban J connectivity index is 2.79. The fourth-order valence-corrected chi connectivity index (χ4v) is 2.51. The van der Waals surface area contributed by atoms with Gasteiger partial charge in [0.1, 0.15) is 0 Å². The van der Waals surface area contributed by atoms with Gasteiger partial charge in [0.05, 0.1) is 0 Å². The van der Waals surface area contributed by atoms with Crippen LogP contribution in [0.2, 0.25) is 0 Å². The van der Waals surface area contributed by atoms with Crippen molar-refractivity contribution in [3.05, 3.63) is 24.3 Å². The molecule has 0 unspecified atom stereocenters. The molecule has 0 heterocycles. The maximum absolute atomic E-state index is 9.12. The minimum absolute atomic E-state index is 0.595. The number of rotatable bonds is 3. The molecule has 0 bridgehead atoms. The molecule has 0 amide bonds. The SMILES string of the molecule is CNc1cc(SO)cc2cc(SO)cc(N)c12. The van der Waals surface area contributed by atoms with Crippen LogP contribution in [0.15, 0.2) is 34.1 Å². The highest BCUT2D eigenvalue weighted by Gasteiger charge is 2.08. The number of fused-ring (bicyclic) bond motifs is 1. The van der Waals surface area contributed by atoms with Crippen LogP contribution in [0.5, 0.6) is 0 Å². The first-order chi connectivity index (χ1) is 8.19. The van der Waals surface area contributed by atoms with E-state index in [4.69, 9.17) is 14.8 Å². The average Bonchev–Trinajstić information content (AvgIpc) is 2.36. The van der Waals surface area contributed by atoms with Crippen LogP contribution in [0.4, 0.5) is 11.4 Å². The molecule has 0 aromatic heterocycles. The van der Waals surface area contributed by atoms with Crippen molar-refractivity contribution < 1.29 is 9.11 Å². The molecule has 5 N–H and O–H groups in total. The third-order valence-electron chi connectivity index (χ3n) is 2.51. The third-order valence-corrected chi connectivity index (χ3v) is 3.40. The number of hydrogen-bond donors (Lipinski definition) is 4. The molecule has 0 fully saturated rings. The van der Waals surface area contributed by atoms with E-state index < -0.39 is 0 Å². The van der Waals surface area contributed by atoms with Crippen molar-refractivity contribution in [2.24, 2.45) is 0 Å². The van der Waals surface area contributed by atoms with E-state index in [9.17, 15) is 0 Å². The minimum atomic E-state index is 0.595. The van der Waals surface area contributed by atoms with Crippen molar-refractivity contribution in [2.75, 3.05) is 18.1 Å². The van der Waals surface area contributed by atoms with Gasteiger partial charge < -0.3 is 20.2 Å². The zero-order valence-corrected chi connectivity index (χ0v) is 10.7. The zero-order valence-electron chi connectivity index (χ0n) is 9.10. The van der Waals surface area contributed by atoms with Gasteiger partial charge in [0.2, 0.25) is 0 Å². The lowest BCUT2D eigenvalue weighted by Gasteiger charge is -2.11. The standard InChI is InChI=1S/C11H12N2O2S2/c1-13-10-5-8(17-15)3-6-2-7(16-14)4-9(12)11(6)10/h2-5,13-15H,12H2,1H3. The zero-order chi connectivity index (χ0) is 12.4. The van der Waals surface area contributed by atoms with Gasteiger partial charge in [0, 0.05) is 57.7 Å². The molecular weight excluding hydrogens is 256 g/mol. The van der Waals surface area contributed by atoms with E-state index in [0.29, 0.717) is 34.7 Å². The molecule has 4 nitrogen and oxygen atoms in total. The van der Waals surface area contributed by atoms with Gasteiger partial charge in [0.25, 0.3) is 0 Å². The summed E-state index contributed by atoms with van der Waals surface area (Å²) in [5.41, 5.74) is 7.41. The molecule has 0 aliphatic carbocycles. The van der Waals surface area contributed by atoms with Gasteiger partial charge in [-0.3, -0.25) is 0 Å². The molecule has 0 saturated carbocycles. The summed E-state index contributed by atoms with van der Waals surface area (Å²) in [6, 6.07) is 7.21. The van der Waals surface area contributed by atoms with Crippen molar-refractivity contribution in [3.63, 3.8) is 0 Å². The molecule has 0 atom stereocenters. The van der Waals surface area contributed by atoms with E-state index in [1.807, 2.05) is 18.2 Å². The number of nitrogen functional groups attached to an aromatic ring is 1. The summed E-state index contributed by atoms with van der Waals surface area (Å²) in [5, 5.41) is 4.82. The predicted molar refractivity (Wildman–Crippen MR) is 74.9 cm³/mol. The first kappa shape index (κ1) is 12.4. The summed E-state index contributed by atoms with van der Waals surface area (Å²) in [5.74, 6) is 0. The van der Waals surface area contributed by atoms with E-state index in [1.54, 1.807) is 13.1 Å². The van der Waals surface area contributed by atoms with Crippen LogP contribution in [0, 0.1) is 0 Å². The third kappa shape index (κ3) is 2.30. The number of nitrogens with two attached hydrogens (primary N) is 1. The largest absolute Gasteiger partial charge is 0.398 e. The van der Waals surface area contributed by atoms with Crippen LogP contribution in [-0.4, -0.2) is 16.2 Å². The Morgan fingerprint density at radius 3 is 2.18 bits per heavy atom. The summed E-state index contributed by atoms with van der Waals surface area (Å²) in [7, 11) is 1.80. The lowest BCUT2D eigenvalue weighted by molar-refractivity contribution is 0.663. The summed E-state index contributed by atoms with van der Waals surface area (Å²) >= 11 is 1.34. The van der Waals surface area contributed by atoms with Gasteiger partial charge in [-0.1, -0.05) is 0 Å². The second-order valence-electron chi connectivity index (χ2n) is 3.51. The predicted octanol–water partition coefficient (Wildman–Crippen LogP) is 3.59. The highest BCUT2D eigenvalue weighted by molar-refractivity contribution is 7.94. The molecule has 17 heavy (non-hydrogen) atoms. The van der Waals surface area contributed by atoms with Gasteiger partial charge in [0.15, 0.2) is 0 Å². The Bertz CT molecular complexity index is 555. The molecule has 90 valence electrons. The molecule has 0 saturated heterocycles. The molecule has 2 rings (SSSR count). The lowest BCUT2D eigenvalue weighted by Crippen LogP contribution is -1.95. The molecule has 0 spiro atoms. The van der Waals surface area contributed by atoms with Crippen LogP contribution >= 0.6 is 24.1 Å². The fourth-order valence-electron chi connectivity index (χ4n) is 1.80. The van der Waals surface area contributed by atoms with Gasteiger partial charge in [-0.15, -0.1) is 0 Å². The average molecular weight is 268 g/mol. The summed E-state index contributed by atoms with van der Waals surface area (Å²) in [4.78, 5) is 1.40. The number of benzene rings is 2. The molecule has 2 aromatic carbocycles. The Labute approximate surface area is 108 Å². The first-order valence-corrected chi connectivity index (χ1v) is 6.42. The smallest absolute Gasteiger partial charge is 0.0450 e. The van der Waals surface area contributed by atoms with E-state index in [0.717, 1.165) is 21.4 Å². The minimum Gasteiger partial charge on any atom is -0.398 e. The van der Waals surface area contributed by atoms with E-state index >= 15 is 0 Å². The Morgan fingerprint density at radius 2 is 1.65 bits per heavy atom. The van der Waals surface area contributed by atoms with Gasteiger partial charge in [-0.2, -0.15) is 0 Å². The van der Waals surface area contributed by atoms with E-state index in [1.165, 1.54) is 0 Å². The van der Waals surface area contributed by atoms with E-state index in [-0.39, 0.29) is 0 Å². The second-order valence-corrected chi connectivity index (χ2v) is 4.82. The summed E-state index contributed by atoms with van der Waals surface area (Å²) in [6.45, 7) is 0. The molecular formula is C11H12N2O2S2. The topological polar surface area (TPSA) is 78.5 Å². The molecule has 2 aromatic rings. The van der Waals surface area contributed by atoms with Crippen molar-refractivity contribution in [3.8, 4) is 0 Å². The molecule has 0 radical (unpaired) electrons. The van der Waals surface area contributed by atoms with Crippen LogP contribution in [0.1, 0.15) is 0 Å². The van der Waals surface area contributed by atoms with Crippen molar-refractivity contribution >= 4 is 46.2 Å². The highest BCUT2D eigenvalue weighted by Crippen LogP contribution is 2.35. The maximum Gasteiger partial charge on any atom is 0.0450 e. The van der Waals surface area contributed by atoms with Crippen LogP contribution in [0.25, 0.3) is 10.8 Å². The van der Waals surface area contributed by atoms with Crippen LogP contribution in [-0.2, 0) is 0 Å².